The molecule has 21 heavy (non-hydrogen) atoms. The number of nitrogens with zero attached hydrogens (tertiary/aromatic N) is 1. The number of ether oxygens (including phenoxy) is 1. The fraction of sp³-hybridized carbons (Fsp3) is 0.588. The normalized spacial score (nSPS) is 25.6. The standard InChI is InChI=1S/C17H24N2O2/c1-11(2)13-9-8-12(3)10-16(13)21-17(20)14-6-4-5-7-15(14)19-18/h4-7,11-13,16,18H,8-10H2,1-3H3. The van der Waals surface area contributed by atoms with E-state index >= 15 is 0 Å². The SMILES string of the molecule is CC1CCC(C(C)C)C(OC(=O)c2ccccc2N=N)C1. The topological polar surface area (TPSA) is 62.5 Å². The summed E-state index contributed by atoms with van der Waals surface area (Å²) in [5.74, 6) is 1.16. The first-order valence-corrected chi connectivity index (χ1v) is 7.70. The van der Waals surface area contributed by atoms with E-state index in [1.807, 2.05) is 0 Å². The zero-order valence-electron chi connectivity index (χ0n) is 13.0. The fourth-order valence-corrected chi connectivity index (χ4v) is 3.19. The van der Waals surface area contributed by atoms with E-state index in [0.29, 0.717) is 29.0 Å². The van der Waals surface area contributed by atoms with E-state index in [1.54, 1.807) is 24.3 Å². The number of esters is 1. The fourth-order valence-electron chi connectivity index (χ4n) is 3.19. The third-order valence-electron chi connectivity index (χ3n) is 4.46. The summed E-state index contributed by atoms with van der Waals surface area (Å²) in [6.07, 6.45) is 3.21. The van der Waals surface area contributed by atoms with Crippen LogP contribution in [0.1, 0.15) is 50.4 Å². The molecule has 0 bridgehead atoms. The quantitative estimate of drug-likeness (QED) is 0.628. The number of nitrogens with one attached hydrogen (secondary N) is 1. The molecule has 4 heteroatoms. The van der Waals surface area contributed by atoms with Gasteiger partial charge in [0.15, 0.2) is 0 Å². The third kappa shape index (κ3) is 3.69. The lowest BCUT2D eigenvalue weighted by Gasteiger charge is -2.36. The zero-order chi connectivity index (χ0) is 15.4. The first-order valence-electron chi connectivity index (χ1n) is 7.70. The molecule has 0 spiro atoms. The van der Waals surface area contributed by atoms with E-state index in [0.717, 1.165) is 12.8 Å². The van der Waals surface area contributed by atoms with Gasteiger partial charge in [-0.25, -0.2) is 10.3 Å². The summed E-state index contributed by atoms with van der Waals surface area (Å²) < 4.78 is 5.78. The Morgan fingerprint density at radius 1 is 1.33 bits per heavy atom. The second kappa shape index (κ2) is 6.83. The van der Waals surface area contributed by atoms with Crippen LogP contribution in [0.2, 0.25) is 0 Å². The molecule has 1 N–H and O–H groups in total. The highest BCUT2D eigenvalue weighted by Gasteiger charge is 2.33. The lowest BCUT2D eigenvalue weighted by atomic mass is 9.75. The second-order valence-electron chi connectivity index (χ2n) is 6.40. The molecule has 2 rings (SSSR count). The van der Waals surface area contributed by atoms with Gasteiger partial charge < -0.3 is 4.74 Å². The van der Waals surface area contributed by atoms with Gasteiger partial charge in [0.25, 0.3) is 0 Å². The van der Waals surface area contributed by atoms with Crippen LogP contribution in [0.3, 0.4) is 0 Å². The summed E-state index contributed by atoms with van der Waals surface area (Å²) in [6, 6.07) is 6.87. The molecule has 114 valence electrons. The van der Waals surface area contributed by atoms with Crippen LogP contribution in [-0.2, 0) is 4.74 Å². The summed E-state index contributed by atoms with van der Waals surface area (Å²) >= 11 is 0. The number of benzene rings is 1. The van der Waals surface area contributed by atoms with Crippen molar-refractivity contribution in [3.05, 3.63) is 29.8 Å². The van der Waals surface area contributed by atoms with Crippen molar-refractivity contribution in [1.82, 2.24) is 0 Å². The molecule has 1 aliphatic rings. The predicted molar refractivity (Wildman–Crippen MR) is 81.8 cm³/mol. The zero-order valence-corrected chi connectivity index (χ0v) is 13.0. The minimum absolute atomic E-state index is 0.0277. The molecular formula is C17H24N2O2. The van der Waals surface area contributed by atoms with Crippen molar-refractivity contribution in [3.8, 4) is 0 Å². The molecule has 0 saturated heterocycles. The Labute approximate surface area is 126 Å². The summed E-state index contributed by atoms with van der Waals surface area (Å²) in [6.45, 7) is 6.59. The highest BCUT2D eigenvalue weighted by Crippen LogP contribution is 2.36. The van der Waals surface area contributed by atoms with Crippen LogP contribution in [0.25, 0.3) is 0 Å². The van der Waals surface area contributed by atoms with Crippen LogP contribution in [0.4, 0.5) is 5.69 Å². The molecule has 4 nitrogen and oxygen atoms in total. The monoisotopic (exact) mass is 288 g/mol. The van der Waals surface area contributed by atoms with Gasteiger partial charge in [0.1, 0.15) is 6.10 Å². The van der Waals surface area contributed by atoms with Gasteiger partial charge in [-0.3, -0.25) is 0 Å². The van der Waals surface area contributed by atoms with Gasteiger partial charge in [-0.1, -0.05) is 39.3 Å². The Balaban J connectivity index is 2.14. The van der Waals surface area contributed by atoms with Gasteiger partial charge in [0.05, 0.1) is 11.3 Å². The van der Waals surface area contributed by atoms with Gasteiger partial charge in [-0.15, -0.1) is 0 Å². The molecule has 1 aromatic carbocycles. The van der Waals surface area contributed by atoms with Crippen molar-refractivity contribution in [2.24, 2.45) is 22.9 Å². The van der Waals surface area contributed by atoms with E-state index in [2.05, 4.69) is 25.9 Å². The minimum Gasteiger partial charge on any atom is -0.458 e. The molecule has 0 radical (unpaired) electrons. The Morgan fingerprint density at radius 2 is 2.05 bits per heavy atom. The Kier molecular flexibility index (Phi) is 5.10. The maximum absolute atomic E-state index is 12.4. The molecule has 1 saturated carbocycles. The molecule has 0 heterocycles. The molecule has 0 aliphatic heterocycles. The highest BCUT2D eigenvalue weighted by atomic mass is 16.5. The van der Waals surface area contributed by atoms with Gasteiger partial charge in [-0.05, 0) is 42.7 Å². The van der Waals surface area contributed by atoms with Crippen molar-refractivity contribution in [3.63, 3.8) is 0 Å². The Morgan fingerprint density at radius 3 is 2.71 bits per heavy atom. The molecular weight excluding hydrogens is 264 g/mol. The van der Waals surface area contributed by atoms with Gasteiger partial charge >= 0.3 is 5.97 Å². The predicted octanol–water partition coefficient (Wildman–Crippen LogP) is 4.97. The number of hydrogen-bond acceptors (Lipinski definition) is 4. The number of hydrogen-bond donors (Lipinski definition) is 1. The molecule has 3 unspecified atom stereocenters. The first-order chi connectivity index (χ1) is 10.0. The number of carbonyl (C=O) groups excluding carboxylic acids is 1. The smallest absolute Gasteiger partial charge is 0.340 e. The summed E-state index contributed by atoms with van der Waals surface area (Å²) in [7, 11) is 0. The van der Waals surface area contributed by atoms with Crippen molar-refractivity contribution in [1.29, 1.82) is 5.53 Å². The van der Waals surface area contributed by atoms with E-state index < -0.39 is 0 Å². The average Bonchev–Trinajstić information content (AvgIpc) is 2.46. The van der Waals surface area contributed by atoms with Gasteiger partial charge in [-0.2, -0.15) is 5.11 Å². The van der Waals surface area contributed by atoms with Crippen LogP contribution < -0.4 is 0 Å². The minimum atomic E-state index is -0.355. The van der Waals surface area contributed by atoms with Crippen LogP contribution >= 0.6 is 0 Å². The Bertz CT molecular complexity index is 513. The average molecular weight is 288 g/mol. The van der Waals surface area contributed by atoms with Crippen LogP contribution in [0.5, 0.6) is 0 Å². The van der Waals surface area contributed by atoms with Gasteiger partial charge in [0.2, 0.25) is 0 Å². The lowest BCUT2D eigenvalue weighted by Crippen LogP contribution is -2.35. The highest BCUT2D eigenvalue weighted by molar-refractivity contribution is 5.94. The van der Waals surface area contributed by atoms with Crippen LogP contribution in [0, 0.1) is 23.3 Å². The number of rotatable bonds is 4. The largest absolute Gasteiger partial charge is 0.458 e. The lowest BCUT2D eigenvalue weighted by molar-refractivity contribution is -0.0173. The third-order valence-corrected chi connectivity index (χ3v) is 4.46. The van der Waals surface area contributed by atoms with Crippen molar-refractivity contribution < 1.29 is 9.53 Å². The Hall–Kier alpha value is -1.71. The maximum atomic E-state index is 12.4. The number of para-hydroxylation sites is 1. The summed E-state index contributed by atoms with van der Waals surface area (Å²) in [5.41, 5.74) is 7.91. The van der Waals surface area contributed by atoms with Crippen molar-refractivity contribution in [2.45, 2.75) is 46.1 Å². The van der Waals surface area contributed by atoms with E-state index in [4.69, 9.17) is 10.3 Å². The molecule has 1 aliphatic carbocycles. The summed E-state index contributed by atoms with van der Waals surface area (Å²) in [5, 5.41) is 3.40. The molecule has 0 amide bonds. The molecule has 1 fully saturated rings. The van der Waals surface area contributed by atoms with Gasteiger partial charge in [0, 0.05) is 0 Å². The molecule has 1 aromatic rings. The van der Waals surface area contributed by atoms with Crippen LogP contribution in [-0.4, -0.2) is 12.1 Å². The first kappa shape index (κ1) is 15.7. The molecule has 3 atom stereocenters. The maximum Gasteiger partial charge on any atom is 0.340 e. The van der Waals surface area contributed by atoms with E-state index in [-0.39, 0.29) is 12.1 Å². The van der Waals surface area contributed by atoms with E-state index in [1.165, 1.54) is 6.42 Å². The van der Waals surface area contributed by atoms with E-state index in [9.17, 15) is 4.79 Å². The molecule has 0 aromatic heterocycles. The second-order valence-corrected chi connectivity index (χ2v) is 6.40. The van der Waals surface area contributed by atoms with Crippen molar-refractivity contribution >= 4 is 11.7 Å². The van der Waals surface area contributed by atoms with Crippen molar-refractivity contribution in [2.75, 3.05) is 0 Å². The van der Waals surface area contributed by atoms with Crippen LogP contribution in [0.15, 0.2) is 29.4 Å². The number of carbonyl (C=O) groups is 1. The summed E-state index contributed by atoms with van der Waals surface area (Å²) in [4.78, 5) is 12.4.